The zero-order valence-electron chi connectivity index (χ0n) is 19.7. The van der Waals surface area contributed by atoms with Gasteiger partial charge in [-0.3, -0.25) is 4.79 Å². The molecular weight excluding hydrogens is 471 g/mol. The minimum absolute atomic E-state index is 0.131. The Kier molecular flexibility index (Phi) is 6.70. The minimum Gasteiger partial charge on any atom is -0.495 e. The fraction of sp³-hybridized carbons (Fsp3) is 0.250. The van der Waals surface area contributed by atoms with Crippen molar-refractivity contribution in [1.29, 1.82) is 0 Å². The van der Waals surface area contributed by atoms with Gasteiger partial charge in [-0.25, -0.2) is 19.3 Å². The first-order valence-electron chi connectivity index (χ1n) is 10.7. The van der Waals surface area contributed by atoms with Crippen LogP contribution >= 0.6 is 11.3 Å². The number of halogens is 1. The van der Waals surface area contributed by atoms with Crippen molar-refractivity contribution in [3.05, 3.63) is 53.6 Å². The second-order valence-corrected chi connectivity index (χ2v) is 9.60. The number of nitrogens with zero attached hydrogens (tertiary/aromatic N) is 3. The fourth-order valence-electron chi connectivity index (χ4n) is 3.31. The molecule has 0 bridgehead atoms. The first kappa shape index (κ1) is 24.1. The van der Waals surface area contributed by atoms with Crippen LogP contribution in [0.5, 0.6) is 16.7 Å². The van der Waals surface area contributed by atoms with E-state index in [4.69, 9.17) is 15.2 Å². The lowest BCUT2D eigenvalue weighted by molar-refractivity contribution is -0.121. The van der Waals surface area contributed by atoms with Gasteiger partial charge in [-0.2, -0.15) is 0 Å². The van der Waals surface area contributed by atoms with Crippen molar-refractivity contribution >= 4 is 45.3 Å². The number of anilines is 3. The number of ether oxygens (including phenoxy) is 2. The van der Waals surface area contributed by atoms with E-state index in [-0.39, 0.29) is 29.3 Å². The molecule has 0 atom stereocenters. The molecule has 4 rings (SSSR count). The number of aromatic nitrogens is 3. The molecule has 0 unspecified atom stereocenters. The Morgan fingerprint density at radius 1 is 1.20 bits per heavy atom. The minimum atomic E-state index is -0.544. The number of carbonyl (C=O) groups excluding carboxylic acids is 1. The van der Waals surface area contributed by atoms with Gasteiger partial charge in [0.25, 0.3) is 5.19 Å². The number of methoxy groups -OCH3 is 1. The van der Waals surface area contributed by atoms with Crippen LogP contribution in [0.2, 0.25) is 0 Å². The quantitative estimate of drug-likeness (QED) is 0.312. The van der Waals surface area contributed by atoms with E-state index in [1.807, 2.05) is 20.8 Å². The topological polar surface area (TPSA) is 124 Å². The average molecular weight is 497 g/mol. The molecule has 0 saturated heterocycles. The summed E-state index contributed by atoms with van der Waals surface area (Å²) in [7, 11) is 1.52. The Bertz CT molecular complexity index is 1390. The number of nitrogen functional groups attached to an aromatic ring is 1. The molecule has 0 aliphatic heterocycles. The summed E-state index contributed by atoms with van der Waals surface area (Å²) in [5, 5.41) is 8.54. The largest absolute Gasteiger partial charge is 0.495 e. The number of benzene rings is 2. The molecule has 2 aromatic heterocycles. The summed E-state index contributed by atoms with van der Waals surface area (Å²) in [5.41, 5.74) is 7.49. The van der Waals surface area contributed by atoms with Crippen molar-refractivity contribution in [2.45, 2.75) is 32.7 Å². The first-order valence-corrected chi connectivity index (χ1v) is 11.6. The van der Waals surface area contributed by atoms with Crippen LogP contribution in [0.25, 0.3) is 10.9 Å². The number of nitrogens with one attached hydrogen (secondary N) is 2. The summed E-state index contributed by atoms with van der Waals surface area (Å²) in [6.45, 7) is 5.73. The van der Waals surface area contributed by atoms with Gasteiger partial charge in [0.15, 0.2) is 0 Å². The van der Waals surface area contributed by atoms with E-state index >= 15 is 0 Å². The summed E-state index contributed by atoms with van der Waals surface area (Å²) < 4.78 is 25.8. The van der Waals surface area contributed by atoms with Crippen molar-refractivity contribution in [2.75, 3.05) is 18.2 Å². The van der Waals surface area contributed by atoms with E-state index in [0.29, 0.717) is 39.0 Å². The van der Waals surface area contributed by atoms with E-state index in [9.17, 15) is 9.18 Å². The van der Waals surface area contributed by atoms with E-state index in [2.05, 4.69) is 25.6 Å². The third-order valence-corrected chi connectivity index (χ3v) is 5.54. The lowest BCUT2D eigenvalue weighted by Crippen LogP contribution is -2.41. The number of hydrogen-bond donors (Lipinski definition) is 3. The summed E-state index contributed by atoms with van der Waals surface area (Å²) >= 11 is 1.23. The maximum atomic E-state index is 14.9. The van der Waals surface area contributed by atoms with Gasteiger partial charge in [0.2, 0.25) is 5.91 Å². The van der Waals surface area contributed by atoms with Crippen LogP contribution in [0.15, 0.2) is 42.0 Å². The summed E-state index contributed by atoms with van der Waals surface area (Å²) in [5.74, 6) is 0.491. The maximum Gasteiger partial charge on any atom is 0.278 e. The fourth-order valence-corrected chi connectivity index (χ4v) is 4.00. The smallest absolute Gasteiger partial charge is 0.278 e. The Hall–Kier alpha value is -3.99. The zero-order chi connectivity index (χ0) is 25.2. The van der Waals surface area contributed by atoms with Crippen LogP contribution in [0.3, 0.4) is 0 Å². The van der Waals surface area contributed by atoms with Crippen LogP contribution in [-0.2, 0) is 11.2 Å². The number of amides is 1. The Balaban J connectivity index is 1.47. The van der Waals surface area contributed by atoms with Crippen LogP contribution in [-0.4, -0.2) is 33.5 Å². The lowest BCUT2D eigenvalue weighted by Gasteiger charge is -2.19. The normalized spacial score (nSPS) is 11.3. The second kappa shape index (κ2) is 9.71. The Labute approximate surface area is 205 Å². The molecule has 0 aliphatic rings. The van der Waals surface area contributed by atoms with E-state index in [1.54, 1.807) is 23.6 Å². The van der Waals surface area contributed by atoms with Crippen LogP contribution in [0.1, 0.15) is 26.5 Å². The van der Waals surface area contributed by atoms with Crippen molar-refractivity contribution in [2.24, 2.45) is 0 Å². The molecule has 4 aromatic rings. The molecule has 0 aliphatic carbocycles. The molecule has 35 heavy (non-hydrogen) atoms. The number of hydrogen-bond acceptors (Lipinski definition) is 9. The second-order valence-electron chi connectivity index (χ2n) is 8.78. The number of rotatable bonds is 7. The summed E-state index contributed by atoms with van der Waals surface area (Å²) in [4.78, 5) is 24.8. The molecule has 182 valence electrons. The summed E-state index contributed by atoms with van der Waals surface area (Å²) in [6.07, 6.45) is 1.51. The van der Waals surface area contributed by atoms with Gasteiger partial charge in [0, 0.05) is 28.4 Å². The van der Waals surface area contributed by atoms with Crippen LogP contribution in [0, 0.1) is 5.82 Å². The highest BCUT2D eigenvalue weighted by Gasteiger charge is 2.16. The maximum absolute atomic E-state index is 14.9. The van der Waals surface area contributed by atoms with Crippen molar-refractivity contribution < 1.29 is 18.7 Å². The number of nitrogens with two attached hydrogens (primary N) is 1. The highest BCUT2D eigenvalue weighted by molar-refractivity contribution is 7.11. The number of fused-ring (bicyclic) bond motifs is 1. The molecule has 2 heterocycles. The van der Waals surface area contributed by atoms with E-state index in [0.717, 1.165) is 0 Å². The average Bonchev–Trinajstić information content (AvgIpc) is 3.20. The SMILES string of the molecule is COc1cc2ncnc(Nc3ccc(Oc4nc(CC(=O)NC(C)(C)C)cs4)cc3F)c2cc1N. The van der Waals surface area contributed by atoms with Crippen LogP contribution < -0.4 is 25.8 Å². The third kappa shape index (κ3) is 5.93. The van der Waals surface area contributed by atoms with Crippen molar-refractivity contribution in [3.63, 3.8) is 0 Å². The van der Waals surface area contributed by atoms with Crippen molar-refractivity contribution in [3.8, 4) is 16.7 Å². The molecule has 11 heteroatoms. The number of carbonyl (C=O) groups is 1. The molecule has 4 N–H and O–H groups in total. The number of thiazole rings is 1. The van der Waals surface area contributed by atoms with Gasteiger partial charge < -0.3 is 25.8 Å². The highest BCUT2D eigenvalue weighted by atomic mass is 32.1. The molecule has 1 amide bonds. The molecule has 0 spiro atoms. The van der Waals surface area contributed by atoms with Gasteiger partial charge >= 0.3 is 0 Å². The monoisotopic (exact) mass is 496 g/mol. The van der Waals surface area contributed by atoms with Gasteiger partial charge in [-0.05, 0) is 39.0 Å². The van der Waals surface area contributed by atoms with Crippen LogP contribution in [0.4, 0.5) is 21.6 Å². The van der Waals surface area contributed by atoms with Crippen molar-refractivity contribution in [1.82, 2.24) is 20.3 Å². The Morgan fingerprint density at radius 3 is 2.71 bits per heavy atom. The summed E-state index contributed by atoms with van der Waals surface area (Å²) in [6, 6.07) is 7.76. The molecular formula is C24H25FN6O3S. The van der Waals surface area contributed by atoms with Gasteiger partial charge in [-0.1, -0.05) is 11.3 Å². The molecule has 0 radical (unpaired) electrons. The van der Waals surface area contributed by atoms with E-state index < -0.39 is 5.82 Å². The van der Waals surface area contributed by atoms with Gasteiger partial charge in [-0.15, -0.1) is 0 Å². The molecule has 2 aromatic carbocycles. The van der Waals surface area contributed by atoms with E-state index in [1.165, 1.54) is 36.9 Å². The zero-order valence-corrected chi connectivity index (χ0v) is 20.5. The predicted molar refractivity (Wildman–Crippen MR) is 134 cm³/mol. The van der Waals surface area contributed by atoms with Gasteiger partial charge in [0.05, 0.1) is 36.1 Å². The molecule has 0 saturated carbocycles. The molecule has 0 fully saturated rings. The first-order chi connectivity index (χ1) is 16.6. The molecule has 9 nitrogen and oxygen atoms in total. The third-order valence-electron chi connectivity index (χ3n) is 4.77. The standard InChI is InChI=1S/C24H25FN6O3S/c1-24(2,3)31-21(32)7-13-11-35-23(29-13)34-14-5-6-18(16(25)8-14)30-22-15-9-17(26)20(33-4)10-19(15)27-12-28-22/h5-6,8-12H,7,26H2,1-4H3,(H,31,32)(H,27,28,30). The Morgan fingerprint density at radius 2 is 2.00 bits per heavy atom. The van der Waals surface area contributed by atoms with Gasteiger partial charge in [0.1, 0.15) is 29.5 Å². The lowest BCUT2D eigenvalue weighted by atomic mass is 10.1. The highest BCUT2D eigenvalue weighted by Crippen LogP contribution is 2.33. The predicted octanol–water partition coefficient (Wildman–Crippen LogP) is 4.81.